The Morgan fingerprint density at radius 3 is 2.42 bits per heavy atom. The number of nitrogens with two attached hydrogens (primary N) is 1. The summed E-state index contributed by atoms with van der Waals surface area (Å²) in [6.45, 7) is 16.2. The zero-order valence-corrected chi connectivity index (χ0v) is 13.6. The van der Waals surface area contributed by atoms with E-state index in [1.54, 1.807) is 0 Å². The van der Waals surface area contributed by atoms with Crippen LogP contribution in [0.25, 0.3) is 0 Å². The maximum atomic E-state index is 6.37. The van der Waals surface area contributed by atoms with Crippen LogP contribution in [0, 0.1) is 5.41 Å². The summed E-state index contributed by atoms with van der Waals surface area (Å²) in [4.78, 5) is 5.40. The Morgan fingerprint density at radius 1 is 1.11 bits per heavy atom. The van der Waals surface area contributed by atoms with Crippen LogP contribution in [0.3, 0.4) is 0 Å². The van der Waals surface area contributed by atoms with Gasteiger partial charge in [-0.05, 0) is 45.6 Å². The lowest BCUT2D eigenvalue weighted by molar-refractivity contribution is -0.0125. The van der Waals surface area contributed by atoms with E-state index in [1.165, 1.54) is 38.9 Å². The molecule has 112 valence electrons. The van der Waals surface area contributed by atoms with Gasteiger partial charge in [0, 0.05) is 37.3 Å². The summed E-state index contributed by atoms with van der Waals surface area (Å²) in [5.41, 5.74) is 6.39. The van der Waals surface area contributed by atoms with Gasteiger partial charge >= 0.3 is 0 Å². The molecule has 0 aromatic heterocycles. The number of hydrogen-bond acceptors (Lipinski definition) is 3. The highest BCUT2D eigenvalue weighted by molar-refractivity contribution is 4.96. The number of hydrogen-bond donors (Lipinski definition) is 1. The Labute approximate surface area is 119 Å². The van der Waals surface area contributed by atoms with Crippen LogP contribution >= 0.6 is 0 Å². The zero-order valence-electron chi connectivity index (χ0n) is 13.6. The van der Waals surface area contributed by atoms with E-state index in [1.807, 2.05) is 0 Å². The molecule has 0 aromatic carbocycles. The third-order valence-electron chi connectivity index (χ3n) is 5.66. The topological polar surface area (TPSA) is 32.5 Å². The first-order chi connectivity index (χ1) is 8.71. The number of piperidine rings is 1. The molecule has 0 amide bonds. The third kappa shape index (κ3) is 3.32. The average molecular weight is 267 g/mol. The summed E-state index contributed by atoms with van der Waals surface area (Å²) in [7, 11) is 0. The van der Waals surface area contributed by atoms with Crippen molar-refractivity contribution in [2.24, 2.45) is 11.1 Å². The fourth-order valence-corrected chi connectivity index (χ4v) is 3.34. The molecule has 2 N–H and O–H groups in total. The summed E-state index contributed by atoms with van der Waals surface area (Å²) in [6.07, 6.45) is 4.19. The molecule has 2 unspecified atom stereocenters. The molecule has 0 radical (unpaired) electrons. The van der Waals surface area contributed by atoms with Crippen molar-refractivity contribution < 1.29 is 0 Å². The van der Waals surface area contributed by atoms with E-state index in [2.05, 4.69) is 44.4 Å². The summed E-state index contributed by atoms with van der Waals surface area (Å²) in [5.74, 6) is 0. The predicted molar refractivity (Wildman–Crippen MR) is 82.3 cm³/mol. The highest BCUT2D eigenvalue weighted by atomic mass is 15.3. The van der Waals surface area contributed by atoms with Crippen molar-refractivity contribution in [2.45, 2.75) is 71.5 Å². The lowest BCUT2D eigenvalue weighted by Gasteiger charge is -2.51. The normalized spacial score (nSPS) is 31.3. The number of piperazine rings is 1. The first-order valence-corrected chi connectivity index (χ1v) is 7.98. The molecular weight excluding hydrogens is 234 g/mol. The quantitative estimate of drug-likeness (QED) is 0.852. The van der Waals surface area contributed by atoms with Gasteiger partial charge in [0.1, 0.15) is 0 Å². The van der Waals surface area contributed by atoms with E-state index in [0.717, 1.165) is 12.6 Å². The van der Waals surface area contributed by atoms with Crippen LogP contribution in [0.15, 0.2) is 0 Å². The molecule has 0 saturated carbocycles. The molecule has 2 aliphatic rings. The van der Waals surface area contributed by atoms with Crippen LogP contribution < -0.4 is 5.73 Å². The van der Waals surface area contributed by atoms with Crippen molar-refractivity contribution in [1.82, 2.24) is 9.80 Å². The molecule has 2 rings (SSSR count). The molecule has 2 saturated heterocycles. The standard InChI is InChI=1S/C16H33N3/c1-13-10-18-9-7-6-8-14(18)11-19(13)12-15(2,3)16(4,5)17/h13-14H,6-12,17H2,1-5H3. The Balaban J connectivity index is 2.00. The minimum Gasteiger partial charge on any atom is -0.325 e. The van der Waals surface area contributed by atoms with Gasteiger partial charge in [-0.1, -0.05) is 20.3 Å². The lowest BCUT2D eigenvalue weighted by Crippen LogP contribution is -2.62. The monoisotopic (exact) mass is 267 g/mol. The maximum absolute atomic E-state index is 6.37. The molecule has 2 atom stereocenters. The molecule has 0 bridgehead atoms. The van der Waals surface area contributed by atoms with Crippen molar-refractivity contribution in [1.29, 1.82) is 0 Å². The summed E-state index contributed by atoms with van der Waals surface area (Å²) < 4.78 is 0. The van der Waals surface area contributed by atoms with Crippen molar-refractivity contribution in [3.05, 3.63) is 0 Å². The Bertz CT molecular complexity index is 306. The Kier molecular flexibility index (Phi) is 4.29. The van der Waals surface area contributed by atoms with Gasteiger partial charge in [-0.25, -0.2) is 0 Å². The molecule has 3 heteroatoms. The Hall–Kier alpha value is -0.120. The van der Waals surface area contributed by atoms with E-state index in [-0.39, 0.29) is 11.0 Å². The second-order valence-electron chi connectivity index (χ2n) is 8.03. The molecule has 2 aliphatic heterocycles. The van der Waals surface area contributed by atoms with Gasteiger partial charge in [0.05, 0.1) is 0 Å². The van der Waals surface area contributed by atoms with Gasteiger partial charge in [-0.3, -0.25) is 9.80 Å². The smallest absolute Gasteiger partial charge is 0.0223 e. The van der Waals surface area contributed by atoms with E-state index >= 15 is 0 Å². The highest BCUT2D eigenvalue weighted by Crippen LogP contribution is 2.32. The van der Waals surface area contributed by atoms with Crippen molar-refractivity contribution in [3.63, 3.8) is 0 Å². The predicted octanol–water partition coefficient (Wildman–Crippen LogP) is 2.31. The molecule has 19 heavy (non-hydrogen) atoms. The fourth-order valence-electron chi connectivity index (χ4n) is 3.34. The van der Waals surface area contributed by atoms with E-state index in [0.29, 0.717) is 6.04 Å². The van der Waals surface area contributed by atoms with Gasteiger partial charge < -0.3 is 5.73 Å². The minimum absolute atomic E-state index is 0.129. The average Bonchev–Trinajstić information content (AvgIpc) is 2.28. The largest absolute Gasteiger partial charge is 0.325 e. The molecule has 2 fully saturated rings. The van der Waals surface area contributed by atoms with Crippen LogP contribution in [0.5, 0.6) is 0 Å². The van der Waals surface area contributed by atoms with Crippen LogP contribution in [-0.4, -0.2) is 53.6 Å². The van der Waals surface area contributed by atoms with Crippen molar-refractivity contribution in [3.8, 4) is 0 Å². The molecular formula is C16H33N3. The first-order valence-electron chi connectivity index (χ1n) is 7.98. The second kappa shape index (κ2) is 5.34. The number of fused-ring (bicyclic) bond motifs is 1. The molecule has 0 spiro atoms. The van der Waals surface area contributed by atoms with Crippen LogP contribution in [-0.2, 0) is 0 Å². The minimum atomic E-state index is -0.129. The molecule has 0 aliphatic carbocycles. The molecule has 2 heterocycles. The lowest BCUT2D eigenvalue weighted by atomic mass is 9.74. The number of nitrogens with zero attached hydrogens (tertiary/aromatic N) is 2. The molecule has 0 aromatic rings. The van der Waals surface area contributed by atoms with Crippen molar-refractivity contribution >= 4 is 0 Å². The van der Waals surface area contributed by atoms with Gasteiger partial charge in [-0.2, -0.15) is 0 Å². The second-order valence-corrected chi connectivity index (χ2v) is 8.03. The van der Waals surface area contributed by atoms with Crippen LogP contribution in [0.1, 0.15) is 53.9 Å². The maximum Gasteiger partial charge on any atom is 0.0223 e. The zero-order chi connectivity index (χ0) is 14.3. The van der Waals surface area contributed by atoms with Gasteiger partial charge in [0.2, 0.25) is 0 Å². The van der Waals surface area contributed by atoms with Gasteiger partial charge in [0.25, 0.3) is 0 Å². The van der Waals surface area contributed by atoms with Gasteiger partial charge in [0.15, 0.2) is 0 Å². The van der Waals surface area contributed by atoms with Crippen molar-refractivity contribution in [2.75, 3.05) is 26.2 Å². The summed E-state index contributed by atoms with van der Waals surface area (Å²) >= 11 is 0. The SMILES string of the molecule is CC1CN2CCCCC2CN1CC(C)(C)C(C)(C)N. The summed E-state index contributed by atoms with van der Waals surface area (Å²) in [5, 5.41) is 0. The van der Waals surface area contributed by atoms with Crippen LogP contribution in [0.2, 0.25) is 0 Å². The highest BCUT2D eigenvalue weighted by Gasteiger charge is 2.39. The van der Waals surface area contributed by atoms with E-state index in [9.17, 15) is 0 Å². The third-order valence-corrected chi connectivity index (χ3v) is 5.66. The first kappa shape index (κ1) is 15.3. The summed E-state index contributed by atoms with van der Waals surface area (Å²) in [6, 6.07) is 1.46. The van der Waals surface area contributed by atoms with Crippen LogP contribution in [0.4, 0.5) is 0 Å². The van der Waals surface area contributed by atoms with E-state index in [4.69, 9.17) is 5.73 Å². The van der Waals surface area contributed by atoms with Gasteiger partial charge in [-0.15, -0.1) is 0 Å². The molecule has 3 nitrogen and oxygen atoms in total. The number of rotatable bonds is 3. The van der Waals surface area contributed by atoms with E-state index < -0.39 is 0 Å². The Morgan fingerprint density at radius 2 is 1.79 bits per heavy atom. The fraction of sp³-hybridized carbons (Fsp3) is 1.00.